The minimum Gasteiger partial charge on any atom is -0.452 e. The molecule has 0 aliphatic heterocycles. The zero-order valence-electron chi connectivity index (χ0n) is 13.1. The quantitative estimate of drug-likeness (QED) is 0.722. The van der Waals surface area contributed by atoms with Gasteiger partial charge < -0.3 is 14.8 Å². The van der Waals surface area contributed by atoms with Crippen molar-refractivity contribution < 1.29 is 27.8 Å². The third-order valence-electron chi connectivity index (χ3n) is 3.10. The highest BCUT2D eigenvalue weighted by molar-refractivity contribution is 9.10. The second-order valence-corrected chi connectivity index (χ2v) is 5.82. The summed E-state index contributed by atoms with van der Waals surface area (Å²) < 4.78 is 34.7. The molecule has 2 aromatic carbocycles. The SMILES string of the molecule is Cc1cc(NC(=O)COC(=O)c2ccccc2OC(F)F)ccc1Br. The number of anilines is 1. The molecule has 2 rings (SSSR count). The van der Waals surface area contributed by atoms with Crippen LogP contribution in [0.25, 0.3) is 0 Å². The number of aryl methyl sites for hydroxylation is 1. The molecule has 0 atom stereocenters. The molecular weight excluding hydrogens is 400 g/mol. The van der Waals surface area contributed by atoms with Crippen molar-refractivity contribution in [3.05, 3.63) is 58.1 Å². The normalized spacial score (nSPS) is 10.4. The zero-order chi connectivity index (χ0) is 18.4. The van der Waals surface area contributed by atoms with E-state index in [1.807, 2.05) is 6.92 Å². The van der Waals surface area contributed by atoms with Gasteiger partial charge in [-0.2, -0.15) is 8.78 Å². The number of para-hydroxylation sites is 1. The van der Waals surface area contributed by atoms with Crippen LogP contribution in [-0.4, -0.2) is 25.1 Å². The molecule has 0 spiro atoms. The summed E-state index contributed by atoms with van der Waals surface area (Å²) >= 11 is 3.35. The number of nitrogens with one attached hydrogen (secondary N) is 1. The first-order valence-corrected chi connectivity index (χ1v) is 7.93. The van der Waals surface area contributed by atoms with Gasteiger partial charge in [0.05, 0.1) is 0 Å². The van der Waals surface area contributed by atoms with Gasteiger partial charge in [-0.25, -0.2) is 4.79 Å². The standard InChI is InChI=1S/C17H14BrF2NO4/c1-10-8-11(6-7-13(10)18)21-15(22)9-24-16(23)12-4-2-3-5-14(12)25-17(19)20/h2-8,17H,9H2,1H3,(H,21,22). The van der Waals surface area contributed by atoms with E-state index in [4.69, 9.17) is 4.74 Å². The molecule has 1 N–H and O–H groups in total. The molecule has 0 saturated carbocycles. The molecule has 2 aromatic rings. The van der Waals surface area contributed by atoms with E-state index in [0.717, 1.165) is 10.0 Å². The van der Waals surface area contributed by atoms with E-state index in [0.29, 0.717) is 5.69 Å². The Labute approximate surface area is 151 Å². The Bertz CT molecular complexity index is 783. The Morgan fingerprint density at radius 3 is 2.60 bits per heavy atom. The van der Waals surface area contributed by atoms with Crippen LogP contribution in [-0.2, 0) is 9.53 Å². The maximum absolute atomic E-state index is 12.3. The molecule has 132 valence electrons. The second-order valence-electron chi connectivity index (χ2n) is 4.96. The Morgan fingerprint density at radius 1 is 1.20 bits per heavy atom. The topological polar surface area (TPSA) is 64.6 Å². The van der Waals surface area contributed by atoms with Crippen LogP contribution in [0.4, 0.5) is 14.5 Å². The summed E-state index contributed by atoms with van der Waals surface area (Å²) in [5.74, 6) is -1.80. The van der Waals surface area contributed by atoms with Gasteiger partial charge in [-0.05, 0) is 42.8 Å². The Kier molecular flexibility index (Phi) is 6.46. The van der Waals surface area contributed by atoms with Crippen LogP contribution < -0.4 is 10.1 Å². The molecule has 0 unspecified atom stereocenters. The lowest BCUT2D eigenvalue weighted by molar-refractivity contribution is -0.119. The van der Waals surface area contributed by atoms with Gasteiger partial charge in [0, 0.05) is 10.2 Å². The Balaban J connectivity index is 1.95. The number of alkyl halides is 2. The molecule has 1 amide bonds. The zero-order valence-corrected chi connectivity index (χ0v) is 14.7. The number of carbonyl (C=O) groups excluding carboxylic acids is 2. The third-order valence-corrected chi connectivity index (χ3v) is 3.99. The first kappa shape index (κ1) is 18.9. The molecule has 25 heavy (non-hydrogen) atoms. The smallest absolute Gasteiger partial charge is 0.387 e. The minimum absolute atomic E-state index is 0.185. The van der Waals surface area contributed by atoms with Crippen LogP contribution in [0.5, 0.6) is 5.75 Å². The van der Waals surface area contributed by atoms with Gasteiger partial charge in [-0.15, -0.1) is 0 Å². The Morgan fingerprint density at radius 2 is 1.92 bits per heavy atom. The van der Waals surface area contributed by atoms with Gasteiger partial charge in [0.25, 0.3) is 5.91 Å². The van der Waals surface area contributed by atoms with E-state index >= 15 is 0 Å². The average Bonchev–Trinajstić information content (AvgIpc) is 2.56. The number of esters is 1. The lowest BCUT2D eigenvalue weighted by Gasteiger charge is -2.11. The molecular formula is C17H14BrF2NO4. The van der Waals surface area contributed by atoms with E-state index in [9.17, 15) is 18.4 Å². The van der Waals surface area contributed by atoms with Gasteiger partial charge in [0.2, 0.25) is 0 Å². The fraction of sp³-hybridized carbons (Fsp3) is 0.176. The van der Waals surface area contributed by atoms with Crippen molar-refractivity contribution in [2.24, 2.45) is 0 Å². The molecule has 0 radical (unpaired) electrons. The van der Waals surface area contributed by atoms with E-state index in [1.54, 1.807) is 18.2 Å². The van der Waals surface area contributed by atoms with Crippen molar-refractivity contribution >= 4 is 33.5 Å². The molecule has 0 heterocycles. The summed E-state index contributed by atoms with van der Waals surface area (Å²) in [4.78, 5) is 23.8. The summed E-state index contributed by atoms with van der Waals surface area (Å²) in [6.07, 6.45) is 0. The average molecular weight is 414 g/mol. The number of hydrogen-bond donors (Lipinski definition) is 1. The summed E-state index contributed by atoms with van der Waals surface area (Å²) in [5.41, 5.74) is 1.28. The molecule has 0 aliphatic rings. The van der Waals surface area contributed by atoms with Crippen molar-refractivity contribution in [3.63, 3.8) is 0 Å². The van der Waals surface area contributed by atoms with Gasteiger partial charge in [0.1, 0.15) is 11.3 Å². The van der Waals surface area contributed by atoms with Crippen molar-refractivity contribution in [2.45, 2.75) is 13.5 Å². The molecule has 0 bridgehead atoms. The van der Waals surface area contributed by atoms with Gasteiger partial charge in [-0.3, -0.25) is 4.79 Å². The fourth-order valence-corrected chi connectivity index (χ4v) is 2.21. The van der Waals surface area contributed by atoms with E-state index in [2.05, 4.69) is 26.0 Å². The number of rotatable bonds is 6. The van der Waals surface area contributed by atoms with Crippen molar-refractivity contribution in [3.8, 4) is 5.75 Å². The first-order chi connectivity index (χ1) is 11.9. The predicted octanol–water partition coefficient (Wildman–Crippen LogP) is 4.15. The maximum atomic E-state index is 12.3. The molecule has 0 aromatic heterocycles. The molecule has 8 heteroatoms. The number of carbonyl (C=O) groups is 2. The number of amides is 1. The van der Waals surface area contributed by atoms with Gasteiger partial charge in [0.15, 0.2) is 6.61 Å². The monoisotopic (exact) mass is 413 g/mol. The van der Waals surface area contributed by atoms with Crippen LogP contribution in [0.1, 0.15) is 15.9 Å². The molecule has 5 nitrogen and oxygen atoms in total. The summed E-state index contributed by atoms with van der Waals surface area (Å²) in [6, 6.07) is 10.6. The number of benzene rings is 2. The fourth-order valence-electron chi connectivity index (χ4n) is 1.96. The summed E-state index contributed by atoms with van der Waals surface area (Å²) in [5, 5.41) is 2.58. The van der Waals surface area contributed by atoms with E-state index in [-0.39, 0.29) is 11.3 Å². The first-order valence-electron chi connectivity index (χ1n) is 7.14. The number of hydrogen-bond acceptors (Lipinski definition) is 4. The second kappa shape index (κ2) is 8.57. The number of halogens is 3. The Hall–Kier alpha value is -2.48. The number of ether oxygens (including phenoxy) is 2. The van der Waals surface area contributed by atoms with Crippen LogP contribution in [0.15, 0.2) is 46.9 Å². The predicted molar refractivity (Wildman–Crippen MR) is 90.9 cm³/mol. The third kappa shape index (κ3) is 5.53. The van der Waals surface area contributed by atoms with Crippen LogP contribution in [0, 0.1) is 6.92 Å². The summed E-state index contributed by atoms with van der Waals surface area (Å²) in [7, 11) is 0. The lowest BCUT2D eigenvalue weighted by Crippen LogP contribution is -2.21. The van der Waals surface area contributed by atoms with Crippen molar-refractivity contribution in [1.29, 1.82) is 0 Å². The van der Waals surface area contributed by atoms with Crippen LogP contribution in [0.2, 0.25) is 0 Å². The minimum atomic E-state index is -3.07. The highest BCUT2D eigenvalue weighted by Crippen LogP contribution is 2.22. The maximum Gasteiger partial charge on any atom is 0.387 e. The highest BCUT2D eigenvalue weighted by Gasteiger charge is 2.17. The highest BCUT2D eigenvalue weighted by atomic mass is 79.9. The lowest BCUT2D eigenvalue weighted by atomic mass is 10.2. The van der Waals surface area contributed by atoms with E-state index < -0.39 is 25.1 Å². The molecule has 0 aliphatic carbocycles. The van der Waals surface area contributed by atoms with Crippen molar-refractivity contribution in [2.75, 3.05) is 11.9 Å². The van der Waals surface area contributed by atoms with Gasteiger partial charge in [-0.1, -0.05) is 28.1 Å². The molecule has 0 saturated heterocycles. The summed E-state index contributed by atoms with van der Waals surface area (Å²) in [6.45, 7) is -1.77. The largest absolute Gasteiger partial charge is 0.452 e. The van der Waals surface area contributed by atoms with E-state index in [1.165, 1.54) is 24.3 Å². The van der Waals surface area contributed by atoms with Crippen molar-refractivity contribution in [1.82, 2.24) is 0 Å². The van der Waals surface area contributed by atoms with Crippen LogP contribution >= 0.6 is 15.9 Å². The van der Waals surface area contributed by atoms with Crippen LogP contribution in [0.3, 0.4) is 0 Å². The molecule has 0 fully saturated rings. The van der Waals surface area contributed by atoms with Gasteiger partial charge >= 0.3 is 12.6 Å².